The van der Waals surface area contributed by atoms with Gasteiger partial charge >= 0.3 is 0 Å². The molecule has 0 aliphatic carbocycles. The SMILES string of the molecule is N=C/C=C(\NCCCCCCNc1ccc2c(c1)C(=O)N(C1CCC(=O)NC1=O)C2=O)c1cnc2ccccc2n1. The van der Waals surface area contributed by atoms with Crippen LogP contribution in [-0.2, 0) is 9.59 Å². The molecule has 2 aromatic carbocycles. The zero-order valence-electron chi connectivity index (χ0n) is 22.5. The summed E-state index contributed by atoms with van der Waals surface area (Å²) in [5.41, 5.74) is 4.36. The van der Waals surface area contributed by atoms with Gasteiger partial charge in [0.05, 0.1) is 34.1 Å². The maximum atomic E-state index is 13.0. The second-order valence-corrected chi connectivity index (χ2v) is 9.97. The molecule has 0 spiro atoms. The van der Waals surface area contributed by atoms with E-state index in [2.05, 4.69) is 25.9 Å². The van der Waals surface area contributed by atoms with Gasteiger partial charge in [-0.3, -0.25) is 34.4 Å². The number of hydrogen-bond acceptors (Lipinski definition) is 9. The molecule has 1 aromatic heterocycles. The molecule has 0 bridgehead atoms. The fourth-order valence-electron chi connectivity index (χ4n) is 5.05. The van der Waals surface area contributed by atoms with Crippen molar-refractivity contribution in [3.63, 3.8) is 0 Å². The van der Waals surface area contributed by atoms with Crippen molar-refractivity contribution in [1.82, 2.24) is 25.5 Å². The lowest BCUT2D eigenvalue weighted by molar-refractivity contribution is -0.136. The van der Waals surface area contributed by atoms with Gasteiger partial charge in [0, 0.05) is 31.4 Å². The number of anilines is 1. The van der Waals surface area contributed by atoms with Crippen molar-refractivity contribution in [2.24, 2.45) is 0 Å². The Labute approximate surface area is 236 Å². The van der Waals surface area contributed by atoms with E-state index < -0.39 is 29.7 Å². The molecule has 5 rings (SSSR count). The van der Waals surface area contributed by atoms with E-state index in [0.717, 1.165) is 59.5 Å². The van der Waals surface area contributed by atoms with Crippen molar-refractivity contribution in [2.75, 3.05) is 18.4 Å². The third-order valence-corrected chi connectivity index (χ3v) is 7.16. The smallest absolute Gasteiger partial charge is 0.262 e. The molecule has 210 valence electrons. The zero-order chi connectivity index (χ0) is 28.8. The number of aromatic nitrogens is 2. The maximum absolute atomic E-state index is 13.0. The molecule has 1 atom stereocenters. The van der Waals surface area contributed by atoms with E-state index in [1.807, 2.05) is 24.3 Å². The molecule has 41 heavy (non-hydrogen) atoms. The molecule has 1 saturated heterocycles. The summed E-state index contributed by atoms with van der Waals surface area (Å²) in [4.78, 5) is 59.6. The summed E-state index contributed by atoms with van der Waals surface area (Å²) in [6.45, 7) is 1.45. The van der Waals surface area contributed by atoms with Crippen LogP contribution in [0.2, 0.25) is 0 Å². The molecule has 4 amide bonds. The highest BCUT2D eigenvalue weighted by atomic mass is 16.2. The second kappa shape index (κ2) is 12.5. The van der Waals surface area contributed by atoms with Gasteiger partial charge in [0.2, 0.25) is 11.8 Å². The van der Waals surface area contributed by atoms with Gasteiger partial charge in [-0.1, -0.05) is 25.0 Å². The largest absolute Gasteiger partial charge is 0.385 e. The summed E-state index contributed by atoms with van der Waals surface area (Å²) in [6.07, 6.45) is 8.73. The van der Waals surface area contributed by atoms with E-state index in [1.165, 1.54) is 6.21 Å². The lowest BCUT2D eigenvalue weighted by atomic mass is 10.0. The zero-order valence-corrected chi connectivity index (χ0v) is 22.5. The average molecular weight is 554 g/mol. The summed E-state index contributed by atoms with van der Waals surface area (Å²) in [5, 5.41) is 16.4. The molecule has 11 heteroatoms. The summed E-state index contributed by atoms with van der Waals surface area (Å²) < 4.78 is 0. The summed E-state index contributed by atoms with van der Waals surface area (Å²) in [7, 11) is 0. The van der Waals surface area contributed by atoms with Crippen LogP contribution in [0.3, 0.4) is 0 Å². The van der Waals surface area contributed by atoms with Crippen LogP contribution in [0.25, 0.3) is 16.7 Å². The van der Waals surface area contributed by atoms with Crippen LogP contribution in [0.5, 0.6) is 0 Å². The number of benzene rings is 2. The molecule has 4 N–H and O–H groups in total. The fraction of sp³-hybridized carbons (Fsp3) is 0.300. The molecule has 0 radical (unpaired) electrons. The predicted octanol–water partition coefficient (Wildman–Crippen LogP) is 3.28. The molecular formula is C30H31N7O4. The molecule has 3 aromatic rings. The number of nitrogens with one attached hydrogen (secondary N) is 4. The number of amides is 4. The maximum Gasteiger partial charge on any atom is 0.262 e. The molecule has 1 unspecified atom stereocenters. The minimum absolute atomic E-state index is 0.0907. The highest BCUT2D eigenvalue weighted by Crippen LogP contribution is 2.29. The molecule has 0 saturated carbocycles. The Morgan fingerprint density at radius 2 is 1.73 bits per heavy atom. The minimum Gasteiger partial charge on any atom is -0.385 e. The van der Waals surface area contributed by atoms with Crippen molar-refractivity contribution in [1.29, 1.82) is 5.41 Å². The van der Waals surface area contributed by atoms with Crippen molar-refractivity contribution in [2.45, 2.75) is 44.6 Å². The average Bonchev–Trinajstić information content (AvgIpc) is 3.22. The standard InChI is InChI=1S/C30H31N7O4/c31-14-13-23(25-18-34-22-7-3-4-8-24(22)35-25)33-16-6-2-1-5-15-32-19-9-10-20-21(17-19)30(41)37(29(20)40)26-11-12-27(38)36-28(26)39/h3-4,7-10,13-14,17-18,26,31-33H,1-2,5-6,11-12,15-16H2,(H,36,38,39)/b23-13-,31-14?. The number of carbonyl (C=O) groups is 4. The summed E-state index contributed by atoms with van der Waals surface area (Å²) in [6, 6.07) is 11.7. The first-order valence-corrected chi connectivity index (χ1v) is 13.7. The number of para-hydroxylation sites is 2. The third-order valence-electron chi connectivity index (χ3n) is 7.16. The van der Waals surface area contributed by atoms with Crippen molar-refractivity contribution in [3.05, 3.63) is 71.6 Å². The molecular weight excluding hydrogens is 522 g/mol. The van der Waals surface area contributed by atoms with E-state index in [1.54, 1.807) is 30.5 Å². The topological polar surface area (TPSA) is 157 Å². The highest BCUT2D eigenvalue weighted by Gasteiger charge is 2.44. The number of allylic oxidation sites excluding steroid dienone is 1. The van der Waals surface area contributed by atoms with E-state index in [-0.39, 0.29) is 24.0 Å². The third kappa shape index (κ3) is 6.13. The lowest BCUT2D eigenvalue weighted by Gasteiger charge is -2.27. The number of hydrogen-bond donors (Lipinski definition) is 4. The van der Waals surface area contributed by atoms with Crippen LogP contribution in [0.4, 0.5) is 5.69 Å². The minimum atomic E-state index is -0.969. The van der Waals surface area contributed by atoms with Crippen LogP contribution in [0.15, 0.2) is 54.7 Å². The normalized spacial score (nSPS) is 17.0. The monoisotopic (exact) mass is 553 g/mol. The van der Waals surface area contributed by atoms with E-state index in [0.29, 0.717) is 12.2 Å². The van der Waals surface area contributed by atoms with Gasteiger partial charge in [-0.15, -0.1) is 0 Å². The first-order valence-electron chi connectivity index (χ1n) is 13.7. The Bertz CT molecular complexity index is 1550. The Kier molecular flexibility index (Phi) is 8.42. The number of carbonyl (C=O) groups excluding carboxylic acids is 4. The van der Waals surface area contributed by atoms with Crippen molar-refractivity contribution in [3.8, 4) is 0 Å². The van der Waals surface area contributed by atoms with Crippen LogP contribution in [0, 0.1) is 5.41 Å². The first-order chi connectivity index (χ1) is 20.0. The van der Waals surface area contributed by atoms with Crippen LogP contribution in [-0.4, -0.2) is 63.8 Å². The molecule has 2 aliphatic heterocycles. The summed E-state index contributed by atoms with van der Waals surface area (Å²) >= 11 is 0. The van der Waals surface area contributed by atoms with Gasteiger partial charge < -0.3 is 16.0 Å². The predicted molar refractivity (Wildman–Crippen MR) is 154 cm³/mol. The van der Waals surface area contributed by atoms with Gasteiger partial charge in [0.1, 0.15) is 11.7 Å². The summed E-state index contributed by atoms with van der Waals surface area (Å²) in [5.74, 6) is -2.04. The first kappa shape index (κ1) is 27.6. The number of unbranched alkanes of at least 4 members (excludes halogenated alkanes) is 3. The molecule has 2 aliphatic rings. The van der Waals surface area contributed by atoms with Crippen molar-refractivity contribution >= 4 is 52.3 Å². The van der Waals surface area contributed by atoms with Gasteiger partial charge in [0.25, 0.3) is 11.8 Å². The number of piperidine rings is 1. The van der Waals surface area contributed by atoms with E-state index in [9.17, 15) is 19.2 Å². The van der Waals surface area contributed by atoms with Crippen molar-refractivity contribution < 1.29 is 19.2 Å². The highest BCUT2D eigenvalue weighted by molar-refractivity contribution is 6.23. The molecule has 1 fully saturated rings. The Balaban J connectivity index is 1.05. The van der Waals surface area contributed by atoms with Gasteiger partial charge in [0.15, 0.2) is 0 Å². The Hall–Kier alpha value is -4.93. The second-order valence-electron chi connectivity index (χ2n) is 9.97. The van der Waals surface area contributed by atoms with E-state index in [4.69, 9.17) is 5.41 Å². The number of imide groups is 2. The quantitative estimate of drug-likeness (QED) is 0.151. The molecule has 3 heterocycles. The fourth-order valence-corrected chi connectivity index (χ4v) is 5.05. The van der Waals surface area contributed by atoms with Crippen LogP contribution in [0.1, 0.15) is 64.9 Å². The van der Waals surface area contributed by atoms with Gasteiger partial charge in [-0.05, 0) is 55.7 Å². The van der Waals surface area contributed by atoms with Gasteiger partial charge in [-0.25, -0.2) is 4.98 Å². The van der Waals surface area contributed by atoms with E-state index >= 15 is 0 Å². The lowest BCUT2D eigenvalue weighted by Crippen LogP contribution is -2.54. The van der Waals surface area contributed by atoms with Crippen LogP contribution < -0.4 is 16.0 Å². The molecule has 11 nitrogen and oxygen atoms in total. The number of rotatable bonds is 12. The Morgan fingerprint density at radius 1 is 0.976 bits per heavy atom. The Morgan fingerprint density at radius 3 is 2.51 bits per heavy atom. The number of nitrogens with zero attached hydrogens (tertiary/aromatic N) is 3. The number of fused-ring (bicyclic) bond motifs is 2. The van der Waals surface area contributed by atoms with Crippen LogP contribution >= 0.6 is 0 Å². The van der Waals surface area contributed by atoms with Gasteiger partial charge in [-0.2, -0.15) is 0 Å².